The zero-order valence-electron chi connectivity index (χ0n) is 12.5. The van der Waals surface area contributed by atoms with Gasteiger partial charge in [0.25, 0.3) is 0 Å². The summed E-state index contributed by atoms with van der Waals surface area (Å²) in [5.74, 6) is -0.0630. The third kappa shape index (κ3) is 3.78. The molecule has 1 heterocycles. The highest BCUT2D eigenvalue weighted by Gasteiger charge is 2.09. The molecule has 2 aromatic rings. The maximum atomic E-state index is 11.9. The Morgan fingerprint density at radius 1 is 1.27 bits per heavy atom. The summed E-state index contributed by atoms with van der Waals surface area (Å²) in [4.78, 5) is 20.0. The van der Waals surface area contributed by atoms with Crippen LogP contribution in [0.2, 0.25) is 0 Å². The minimum atomic E-state index is -0.492. The van der Waals surface area contributed by atoms with Crippen LogP contribution in [0.1, 0.15) is 27.6 Å². The number of carbonyl (C=O) groups excluding carboxylic acids is 1. The lowest BCUT2D eigenvalue weighted by Crippen LogP contribution is -2.21. The monoisotopic (exact) mass is 300 g/mol. The molecule has 0 unspecified atom stereocenters. The number of amides is 1. The first-order chi connectivity index (χ1) is 10.5. The van der Waals surface area contributed by atoms with E-state index in [1.165, 1.54) is 19.4 Å². The maximum Gasteiger partial charge on any atom is 0.309 e. The Morgan fingerprint density at radius 2 is 1.95 bits per heavy atom. The van der Waals surface area contributed by atoms with Gasteiger partial charge in [-0.15, -0.1) is 0 Å². The van der Waals surface area contributed by atoms with Crippen molar-refractivity contribution < 1.29 is 14.6 Å². The highest BCUT2D eigenvalue weighted by Crippen LogP contribution is 2.25. The van der Waals surface area contributed by atoms with Crippen LogP contribution in [0.3, 0.4) is 0 Å². The molecule has 0 fully saturated rings. The number of hydrogen-bond donors (Lipinski definition) is 2. The number of hydrogen-bond acceptors (Lipinski definition) is 6. The van der Waals surface area contributed by atoms with E-state index >= 15 is 0 Å². The lowest BCUT2D eigenvalue weighted by Gasteiger charge is -2.03. The van der Waals surface area contributed by atoms with E-state index in [2.05, 4.69) is 20.5 Å². The van der Waals surface area contributed by atoms with E-state index < -0.39 is 5.91 Å². The SMILES string of the molecule is COc1cc(/C=N\NC(=O)c2nc(C)cc(C)n2)ccc1O. The number of aryl methyl sites for hydroxylation is 2. The second-order valence-corrected chi connectivity index (χ2v) is 4.60. The molecule has 0 bridgehead atoms. The quantitative estimate of drug-likeness (QED) is 0.660. The summed E-state index contributed by atoms with van der Waals surface area (Å²) >= 11 is 0. The number of aromatic hydroxyl groups is 1. The first-order valence-corrected chi connectivity index (χ1v) is 6.52. The lowest BCUT2D eigenvalue weighted by atomic mass is 10.2. The summed E-state index contributed by atoms with van der Waals surface area (Å²) < 4.78 is 4.99. The standard InChI is InChI=1S/C15H16N4O3/c1-9-6-10(2)18-14(17-9)15(21)19-16-8-11-4-5-12(20)13(7-11)22-3/h4-8,20H,1-3H3,(H,19,21)/b16-8-. The van der Waals surface area contributed by atoms with Gasteiger partial charge in [-0.1, -0.05) is 0 Å². The number of benzene rings is 1. The summed E-state index contributed by atoms with van der Waals surface area (Å²) in [5.41, 5.74) is 4.45. The van der Waals surface area contributed by atoms with Gasteiger partial charge in [0.1, 0.15) is 0 Å². The molecule has 0 aliphatic rings. The Labute approximate surface area is 127 Å². The molecule has 2 N–H and O–H groups in total. The molecule has 0 aliphatic carbocycles. The Bertz CT molecular complexity index is 708. The molecule has 0 aliphatic heterocycles. The van der Waals surface area contributed by atoms with Crippen molar-refractivity contribution in [2.75, 3.05) is 7.11 Å². The number of nitrogens with zero attached hydrogens (tertiary/aromatic N) is 3. The molecule has 0 saturated carbocycles. The third-order valence-electron chi connectivity index (χ3n) is 2.77. The second-order valence-electron chi connectivity index (χ2n) is 4.60. The maximum absolute atomic E-state index is 11.9. The third-order valence-corrected chi connectivity index (χ3v) is 2.77. The fourth-order valence-corrected chi connectivity index (χ4v) is 1.82. The van der Waals surface area contributed by atoms with Gasteiger partial charge in [-0.05, 0) is 43.7 Å². The van der Waals surface area contributed by atoms with Gasteiger partial charge in [0.2, 0.25) is 5.82 Å². The van der Waals surface area contributed by atoms with Crippen molar-refractivity contribution in [1.29, 1.82) is 0 Å². The van der Waals surface area contributed by atoms with E-state index in [4.69, 9.17) is 4.74 Å². The van der Waals surface area contributed by atoms with Crippen LogP contribution in [-0.4, -0.2) is 34.3 Å². The van der Waals surface area contributed by atoms with Gasteiger partial charge in [0.15, 0.2) is 11.5 Å². The van der Waals surface area contributed by atoms with E-state index in [9.17, 15) is 9.90 Å². The van der Waals surface area contributed by atoms with Gasteiger partial charge in [0, 0.05) is 11.4 Å². The van der Waals surface area contributed by atoms with Crippen LogP contribution in [0.15, 0.2) is 29.4 Å². The van der Waals surface area contributed by atoms with Crippen LogP contribution in [0.5, 0.6) is 11.5 Å². The van der Waals surface area contributed by atoms with Crippen LogP contribution < -0.4 is 10.2 Å². The smallest absolute Gasteiger partial charge is 0.309 e. The average Bonchev–Trinajstić information content (AvgIpc) is 2.47. The first-order valence-electron chi connectivity index (χ1n) is 6.52. The van der Waals surface area contributed by atoms with Gasteiger partial charge in [-0.25, -0.2) is 15.4 Å². The number of carbonyl (C=O) groups is 1. The molecule has 0 saturated heterocycles. The Morgan fingerprint density at radius 3 is 2.59 bits per heavy atom. The van der Waals surface area contributed by atoms with E-state index in [1.807, 2.05) is 0 Å². The molecule has 1 aromatic heterocycles. The van der Waals surface area contributed by atoms with Crippen molar-refractivity contribution in [3.63, 3.8) is 0 Å². The molecule has 0 atom stereocenters. The van der Waals surface area contributed by atoms with Crippen molar-refractivity contribution in [1.82, 2.24) is 15.4 Å². The fraction of sp³-hybridized carbons (Fsp3) is 0.200. The number of methoxy groups -OCH3 is 1. The van der Waals surface area contributed by atoms with Gasteiger partial charge < -0.3 is 9.84 Å². The van der Waals surface area contributed by atoms with Crippen LogP contribution in [0, 0.1) is 13.8 Å². The summed E-state index contributed by atoms with van der Waals surface area (Å²) in [6, 6.07) is 6.50. The minimum absolute atomic E-state index is 0.0346. The summed E-state index contributed by atoms with van der Waals surface area (Å²) in [6.45, 7) is 3.58. The number of aromatic nitrogens is 2. The average molecular weight is 300 g/mol. The number of ether oxygens (including phenoxy) is 1. The Balaban J connectivity index is 2.07. The molecule has 1 aromatic carbocycles. The summed E-state index contributed by atoms with van der Waals surface area (Å²) in [7, 11) is 1.45. The molecule has 0 radical (unpaired) electrons. The second kappa shape index (κ2) is 6.66. The molecule has 7 heteroatoms. The molecule has 114 valence electrons. The van der Waals surface area contributed by atoms with Crippen LogP contribution in [-0.2, 0) is 0 Å². The lowest BCUT2D eigenvalue weighted by molar-refractivity contribution is 0.0944. The highest BCUT2D eigenvalue weighted by atomic mass is 16.5. The Kier molecular flexibility index (Phi) is 4.67. The number of phenolic OH excluding ortho intramolecular Hbond substituents is 1. The fourth-order valence-electron chi connectivity index (χ4n) is 1.82. The van der Waals surface area contributed by atoms with Crippen molar-refractivity contribution in [3.8, 4) is 11.5 Å². The van der Waals surface area contributed by atoms with Crippen molar-refractivity contribution in [3.05, 3.63) is 47.0 Å². The topological polar surface area (TPSA) is 96.7 Å². The molecule has 1 amide bonds. The van der Waals surface area contributed by atoms with Gasteiger partial charge >= 0.3 is 5.91 Å². The largest absolute Gasteiger partial charge is 0.504 e. The summed E-state index contributed by atoms with van der Waals surface area (Å²) in [5, 5.41) is 13.3. The Hall–Kier alpha value is -2.96. The van der Waals surface area contributed by atoms with Gasteiger partial charge in [-0.3, -0.25) is 4.79 Å². The van der Waals surface area contributed by atoms with Crippen LogP contribution in [0.25, 0.3) is 0 Å². The molecule has 2 rings (SSSR count). The van der Waals surface area contributed by atoms with E-state index in [0.717, 1.165) is 0 Å². The number of phenols is 1. The zero-order valence-corrected chi connectivity index (χ0v) is 12.5. The molecular formula is C15H16N4O3. The molecule has 0 spiro atoms. The number of nitrogens with one attached hydrogen (secondary N) is 1. The van der Waals surface area contributed by atoms with Crippen molar-refractivity contribution in [2.45, 2.75) is 13.8 Å². The number of rotatable bonds is 4. The van der Waals surface area contributed by atoms with E-state index in [-0.39, 0.29) is 11.6 Å². The summed E-state index contributed by atoms with van der Waals surface area (Å²) in [6.07, 6.45) is 1.43. The van der Waals surface area contributed by atoms with Crippen molar-refractivity contribution >= 4 is 12.1 Å². The number of hydrazone groups is 1. The van der Waals surface area contributed by atoms with Crippen LogP contribution in [0.4, 0.5) is 0 Å². The minimum Gasteiger partial charge on any atom is -0.504 e. The van der Waals surface area contributed by atoms with Gasteiger partial charge in [0.05, 0.1) is 13.3 Å². The molecule has 7 nitrogen and oxygen atoms in total. The first kappa shape index (κ1) is 15.4. The van der Waals surface area contributed by atoms with E-state index in [1.54, 1.807) is 32.0 Å². The van der Waals surface area contributed by atoms with Crippen LogP contribution >= 0.6 is 0 Å². The molecule has 22 heavy (non-hydrogen) atoms. The molecular weight excluding hydrogens is 284 g/mol. The normalized spacial score (nSPS) is 10.7. The van der Waals surface area contributed by atoms with Gasteiger partial charge in [-0.2, -0.15) is 5.10 Å². The predicted molar refractivity (Wildman–Crippen MR) is 81.2 cm³/mol. The van der Waals surface area contributed by atoms with E-state index in [0.29, 0.717) is 22.7 Å². The van der Waals surface area contributed by atoms with Crippen molar-refractivity contribution in [2.24, 2.45) is 5.10 Å². The predicted octanol–water partition coefficient (Wildman–Crippen LogP) is 1.57. The highest BCUT2D eigenvalue weighted by molar-refractivity contribution is 5.91. The zero-order chi connectivity index (χ0) is 16.1.